The molecule has 0 aliphatic carbocycles. The third kappa shape index (κ3) is 5.29. The molecule has 4 rings (SSSR count). The Morgan fingerprint density at radius 1 is 1.06 bits per heavy atom. The molecule has 0 bridgehead atoms. The van der Waals surface area contributed by atoms with Gasteiger partial charge in [0.2, 0.25) is 0 Å². The van der Waals surface area contributed by atoms with Gasteiger partial charge in [0.15, 0.2) is 11.6 Å². The van der Waals surface area contributed by atoms with Gasteiger partial charge in [-0.15, -0.1) is 5.10 Å². The van der Waals surface area contributed by atoms with Gasteiger partial charge in [0, 0.05) is 18.2 Å². The summed E-state index contributed by atoms with van der Waals surface area (Å²) in [6.45, 7) is 0.177. The molecule has 8 nitrogen and oxygen atoms in total. The Morgan fingerprint density at radius 3 is 2.67 bits per heavy atom. The lowest BCUT2D eigenvalue weighted by Crippen LogP contribution is -2.28. The van der Waals surface area contributed by atoms with Crippen molar-refractivity contribution in [1.82, 2.24) is 25.5 Å². The van der Waals surface area contributed by atoms with Crippen molar-refractivity contribution < 1.29 is 23.0 Å². The monoisotopic (exact) mass is 451 g/mol. The average molecular weight is 451 g/mol. The number of carbonyl (C=O) groups excluding carboxylic acids is 1. The van der Waals surface area contributed by atoms with Crippen molar-refractivity contribution in [2.75, 3.05) is 13.7 Å². The highest BCUT2D eigenvalue weighted by atomic mass is 19.2. The molecule has 0 aliphatic heterocycles. The van der Waals surface area contributed by atoms with Gasteiger partial charge >= 0.3 is 6.09 Å². The standard InChI is InChI=1S/C23H19F2N5O3/c1-32-22-5-3-2-4-19(22)16-11-17(30-14-27-28-29-30)13-18(12-16)33-23(31)26-9-8-15-6-7-20(24)21(25)10-15/h2-7,10-14H,8-9H2,1H3,(H,26,31). The number of carbonyl (C=O) groups is 1. The Morgan fingerprint density at radius 2 is 1.91 bits per heavy atom. The van der Waals surface area contributed by atoms with Crippen LogP contribution in [-0.2, 0) is 6.42 Å². The van der Waals surface area contributed by atoms with E-state index in [-0.39, 0.29) is 12.3 Å². The van der Waals surface area contributed by atoms with Crippen LogP contribution in [0.4, 0.5) is 13.6 Å². The van der Waals surface area contributed by atoms with Crippen molar-refractivity contribution in [3.05, 3.63) is 84.2 Å². The van der Waals surface area contributed by atoms with Crippen molar-refractivity contribution in [1.29, 1.82) is 0 Å². The smallest absolute Gasteiger partial charge is 0.412 e. The van der Waals surface area contributed by atoms with Crippen LogP contribution in [0.5, 0.6) is 11.5 Å². The predicted molar refractivity (Wildman–Crippen MR) is 115 cm³/mol. The van der Waals surface area contributed by atoms with E-state index in [1.54, 1.807) is 19.2 Å². The number of para-hydroxylation sites is 1. The number of nitrogens with one attached hydrogen (secondary N) is 1. The van der Waals surface area contributed by atoms with Crippen LogP contribution in [0.3, 0.4) is 0 Å². The number of nitrogens with zero attached hydrogens (tertiary/aromatic N) is 4. The van der Waals surface area contributed by atoms with Crippen molar-refractivity contribution in [3.63, 3.8) is 0 Å². The van der Waals surface area contributed by atoms with E-state index in [0.717, 1.165) is 23.3 Å². The highest BCUT2D eigenvalue weighted by Crippen LogP contribution is 2.33. The highest BCUT2D eigenvalue weighted by molar-refractivity contribution is 5.76. The number of tetrazole rings is 1. The second-order valence-electron chi connectivity index (χ2n) is 6.99. The summed E-state index contributed by atoms with van der Waals surface area (Å²) in [4.78, 5) is 12.4. The fourth-order valence-corrected chi connectivity index (χ4v) is 3.24. The van der Waals surface area contributed by atoms with E-state index in [1.165, 1.54) is 17.1 Å². The van der Waals surface area contributed by atoms with Gasteiger partial charge in [-0.1, -0.05) is 24.3 Å². The first-order valence-electron chi connectivity index (χ1n) is 9.95. The second-order valence-corrected chi connectivity index (χ2v) is 6.99. The molecule has 0 aliphatic rings. The summed E-state index contributed by atoms with van der Waals surface area (Å²) in [6.07, 6.45) is 1.04. The maximum atomic E-state index is 13.3. The summed E-state index contributed by atoms with van der Waals surface area (Å²) in [5.41, 5.74) is 2.64. The lowest BCUT2D eigenvalue weighted by atomic mass is 10.0. The number of halogens is 2. The Labute approximate surface area is 187 Å². The zero-order valence-electron chi connectivity index (χ0n) is 17.5. The molecule has 0 spiro atoms. The summed E-state index contributed by atoms with van der Waals surface area (Å²) in [7, 11) is 1.57. The molecule has 10 heteroatoms. The number of ether oxygens (including phenoxy) is 2. The highest BCUT2D eigenvalue weighted by Gasteiger charge is 2.13. The molecular weight excluding hydrogens is 432 g/mol. The van der Waals surface area contributed by atoms with Crippen LogP contribution in [0.25, 0.3) is 16.8 Å². The average Bonchev–Trinajstić information content (AvgIpc) is 3.36. The molecule has 1 heterocycles. The first-order valence-corrected chi connectivity index (χ1v) is 9.95. The summed E-state index contributed by atoms with van der Waals surface area (Å²) in [5.74, 6) is -0.944. The van der Waals surface area contributed by atoms with E-state index >= 15 is 0 Å². The summed E-state index contributed by atoms with van der Waals surface area (Å²) in [5, 5.41) is 13.8. The molecule has 1 aromatic heterocycles. The Hall–Kier alpha value is -4.34. The van der Waals surface area contributed by atoms with E-state index in [1.807, 2.05) is 30.3 Å². The number of benzene rings is 3. The normalized spacial score (nSPS) is 10.6. The molecule has 3 aromatic carbocycles. The fourth-order valence-electron chi connectivity index (χ4n) is 3.24. The molecule has 0 saturated heterocycles. The Kier molecular flexibility index (Phi) is 6.53. The molecule has 1 amide bonds. The lowest BCUT2D eigenvalue weighted by Gasteiger charge is -2.13. The van der Waals surface area contributed by atoms with Crippen LogP contribution in [0, 0.1) is 11.6 Å². The van der Waals surface area contributed by atoms with Crippen LogP contribution in [0.15, 0.2) is 67.0 Å². The van der Waals surface area contributed by atoms with Crippen molar-refractivity contribution in [3.8, 4) is 28.3 Å². The van der Waals surface area contributed by atoms with Gasteiger partial charge in [-0.05, 0) is 58.3 Å². The molecular formula is C23H19F2N5O3. The Balaban J connectivity index is 1.52. The van der Waals surface area contributed by atoms with Crippen LogP contribution >= 0.6 is 0 Å². The molecule has 0 fully saturated rings. The summed E-state index contributed by atoms with van der Waals surface area (Å²) in [6, 6.07) is 16.2. The number of methoxy groups -OCH3 is 1. The summed E-state index contributed by atoms with van der Waals surface area (Å²) >= 11 is 0. The van der Waals surface area contributed by atoms with E-state index < -0.39 is 17.7 Å². The van der Waals surface area contributed by atoms with Crippen LogP contribution < -0.4 is 14.8 Å². The van der Waals surface area contributed by atoms with Gasteiger partial charge in [-0.2, -0.15) is 0 Å². The minimum absolute atomic E-state index is 0.177. The zero-order chi connectivity index (χ0) is 23.2. The van der Waals surface area contributed by atoms with Gasteiger partial charge < -0.3 is 14.8 Å². The third-order valence-electron chi connectivity index (χ3n) is 4.80. The summed E-state index contributed by atoms with van der Waals surface area (Å²) < 4.78 is 38.7. The number of aromatic nitrogens is 4. The van der Waals surface area contributed by atoms with E-state index in [2.05, 4.69) is 20.8 Å². The van der Waals surface area contributed by atoms with Crippen LogP contribution in [0.2, 0.25) is 0 Å². The molecule has 33 heavy (non-hydrogen) atoms. The zero-order valence-corrected chi connectivity index (χ0v) is 17.5. The van der Waals surface area contributed by atoms with Crippen molar-refractivity contribution >= 4 is 6.09 Å². The van der Waals surface area contributed by atoms with Crippen LogP contribution in [0.1, 0.15) is 5.56 Å². The molecule has 0 saturated carbocycles. The van der Waals surface area contributed by atoms with Gasteiger partial charge in [0.25, 0.3) is 0 Å². The fraction of sp³-hybridized carbons (Fsp3) is 0.130. The maximum Gasteiger partial charge on any atom is 0.412 e. The number of hydrogen-bond acceptors (Lipinski definition) is 6. The molecule has 4 aromatic rings. The third-order valence-corrected chi connectivity index (χ3v) is 4.80. The molecule has 1 N–H and O–H groups in total. The minimum Gasteiger partial charge on any atom is -0.496 e. The van der Waals surface area contributed by atoms with E-state index in [9.17, 15) is 13.6 Å². The van der Waals surface area contributed by atoms with Gasteiger partial charge in [0.1, 0.15) is 17.8 Å². The second kappa shape index (κ2) is 9.86. The quantitative estimate of drug-likeness (QED) is 0.458. The predicted octanol–water partition coefficient (Wildman–Crippen LogP) is 3.95. The maximum absolute atomic E-state index is 13.3. The van der Waals surface area contributed by atoms with E-state index in [4.69, 9.17) is 9.47 Å². The Bertz CT molecular complexity index is 1260. The van der Waals surface area contributed by atoms with Crippen molar-refractivity contribution in [2.45, 2.75) is 6.42 Å². The SMILES string of the molecule is COc1ccccc1-c1cc(OC(=O)NCCc2ccc(F)c(F)c2)cc(-n2cnnn2)c1. The lowest BCUT2D eigenvalue weighted by molar-refractivity contribution is 0.200. The number of amides is 1. The molecule has 0 atom stereocenters. The number of hydrogen-bond donors (Lipinski definition) is 1. The van der Waals surface area contributed by atoms with Gasteiger partial charge in [-0.3, -0.25) is 0 Å². The molecule has 0 unspecified atom stereocenters. The molecule has 168 valence electrons. The molecule has 0 radical (unpaired) electrons. The van der Waals surface area contributed by atoms with Gasteiger partial charge in [0.05, 0.1) is 12.8 Å². The first kappa shape index (κ1) is 21.9. The number of rotatable bonds is 7. The minimum atomic E-state index is -0.932. The topological polar surface area (TPSA) is 91.2 Å². The van der Waals surface area contributed by atoms with Crippen LogP contribution in [-0.4, -0.2) is 40.0 Å². The van der Waals surface area contributed by atoms with E-state index in [0.29, 0.717) is 23.4 Å². The van der Waals surface area contributed by atoms with Gasteiger partial charge in [-0.25, -0.2) is 18.3 Å². The first-order chi connectivity index (χ1) is 16.0. The van der Waals surface area contributed by atoms with Crippen molar-refractivity contribution in [2.24, 2.45) is 0 Å². The largest absolute Gasteiger partial charge is 0.496 e.